The van der Waals surface area contributed by atoms with Crippen LogP contribution in [0, 0.1) is 5.92 Å². The lowest BCUT2D eigenvalue weighted by Crippen LogP contribution is -2.41. The number of amides is 1. The lowest BCUT2D eigenvalue weighted by molar-refractivity contribution is -0.130. The summed E-state index contributed by atoms with van der Waals surface area (Å²) in [5.74, 6) is 0.628. The van der Waals surface area contributed by atoms with Crippen LogP contribution < -0.4 is 5.32 Å². The first-order valence-electron chi connectivity index (χ1n) is 6.42. The van der Waals surface area contributed by atoms with E-state index in [4.69, 9.17) is 0 Å². The van der Waals surface area contributed by atoms with E-state index < -0.39 is 0 Å². The van der Waals surface area contributed by atoms with E-state index in [9.17, 15) is 9.90 Å². The Kier molecular flexibility index (Phi) is 3.82. The van der Waals surface area contributed by atoms with Crippen LogP contribution in [0.1, 0.15) is 32.6 Å². The predicted molar refractivity (Wildman–Crippen MR) is 62.0 cm³/mol. The minimum Gasteiger partial charge on any atom is -0.391 e. The van der Waals surface area contributed by atoms with Crippen LogP contribution in [0.15, 0.2) is 0 Å². The van der Waals surface area contributed by atoms with Gasteiger partial charge >= 0.3 is 0 Å². The molecule has 1 heterocycles. The van der Waals surface area contributed by atoms with Gasteiger partial charge in [0.25, 0.3) is 0 Å². The maximum absolute atomic E-state index is 11.9. The van der Waals surface area contributed by atoms with Crippen LogP contribution in [-0.4, -0.2) is 47.7 Å². The molecule has 4 nitrogen and oxygen atoms in total. The summed E-state index contributed by atoms with van der Waals surface area (Å²) in [6.07, 6.45) is 3.89. The van der Waals surface area contributed by atoms with Gasteiger partial charge in [0.05, 0.1) is 12.1 Å². The molecule has 92 valence electrons. The molecule has 2 N–H and O–H groups in total. The maximum atomic E-state index is 11.9. The number of carbonyl (C=O) groups excluding carboxylic acids is 1. The smallest absolute Gasteiger partial charge is 0.239 e. The van der Waals surface area contributed by atoms with Crippen LogP contribution in [0.5, 0.6) is 0 Å². The van der Waals surface area contributed by atoms with Crippen molar-refractivity contribution in [2.24, 2.45) is 5.92 Å². The number of nitrogens with one attached hydrogen (secondary N) is 1. The minimum absolute atomic E-state index is 0.00801. The zero-order valence-corrected chi connectivity index (χ0v) is 9.98. The number of aliphatic hydroxyl groups is 1. The molecule has 1 saturated carbocycles. The zero-order valence-electron chi connectivity index (χ0n) is 9.98. The molecule has 1 amide bonds. The van der Waals surface area contributed by atoms with Gasteiger partial charge in [-0.3, -0.25) is 4.79 Å². The largest absolute Gasteiger partial charge is 0.391 e. The van der Waals surface area contributed by atoms with Crippen molar-refractivity contribution in [1.29, 1.82) is 0 Å². The monoisotopic (exact) mass is 226 g/mol. The standard InChI is InChI=1S/C12H22N2O2/c1-2-6-13-10-5-7-14(12(10)16)8-11(15)9-3-4-9/h9-11,13,15H,2-8H2,1H3. The molecule has 2 atom stereocenters. The first-order valence-corrected chi connectivity index (χ1v) is 6.42. The molecule has 0 spiro atoms. The van der Waals surface area contributed by atoms with Gasteiger partial charge in [-0.05, 0) is 38.1 Å². The molecule has 0 aromatic heterocycles. The van der Waals surface area contributed by atoms with E-state index >= 15 is 0 Å². The summed E-state index contributed by atoms with van der Waals surface area (Å²) in [4.78, 5) is 13.8. The fraction of sp³-hybridized carbons (Fsp3) is 0.917. The quantitative estimate of drug-likeness (QED) is 0.687. The van der Waals surface area contributed by atoms with Crippen LogP contribution in [0.3, 0.4) is 0 Å². The normalized spacial score (nSPS) is 27.5. The third kappa shape index (κ3) is 2.74. The van der Waals surface area contributed by atoms with Gasteiger partial charge in [-0.2, -0.15) is 0 Å². The summed E-state index contributed by atoms with van der Waals surface area (Å²) >= 11 is 0. The van der Waals surface area contributed by atoms with Crippen molar-refractivity contribution in [1.82, 2.24) is 10.2 Å². The molecule has 4 heteroatoms. The molecular weight excluding hydrogens is 204 g/mol. The van der Waals surface area contributed by atoms with Crippen molar-refractivity contribution in [3.05, 3.63) is 0 Å². The predicted octanol–water partition coefficient (Wildman–Crippen LogP) is 0.358. The summed E-state index contributed by atoms with van der Waals surface area (Å²) in [5, 5.41) is 13.1. The number of rotatable bonds is 6. The molecule has 2 rings (SSSR count). The maximum Gasteiger partial charge on any atom is 0.239 e. The van der Waals surface area contributed by atoms with E-state index in [0.717, 1.165) is 38.8 Å². The van der Waals surface area contributed by atoms with E-state index in [2.05, 4.69) is 12.2 Å². The number of β-amino-alcohol motifs (C(OH)–C–C–N with tert-alkyl or cyclic N) is 1. The van der Waals surface area contributed by atoms with Crippen molar-refractivity contribution >= 4 is 5.91 Å². The highest BCUT2D eigenvalue weighted by Gasteiger charge is 2.36. The fourth-order valence-corrected chi connectivity index (χ4v) is 2.28. The molecule has 1 saturated heterocycles. The fourth-order valence-electron chi connectivity index (χ4n) is 2.28. The Morgan fingerprint density at radius 3 is 2.88 bits per heavy atom. The van der Waals surface area contributed by atoms with Crippen LogP contribution in [0.4, 0.5) is 0 Å². The number of nitrogens with zero attached hydrogens (tertiary/aromatic N) is 1. The second-order valence-corrected chi connectivity index (χ2v) is 4.98. The molecule has 2 unspecified atom stereocenters. The van der Waals surface area contributed by atoms with Gasteiger partial charge in [0.1, 0.15) is 0 Å². The van der Waals surface area contributed by atoms with E-state index in [1.165, 1.54) is 0 Å². The highest BCUT2D eigenvalue weighted by molar-refractivity contribution is 5.84. The molecule has 0 aromatic carbocycles. The van der Waals surface area contributed by atoms with Crippen molar-refractivity contribution in [2.75, 3.05) is 19.6 Å². The van der Waals surface area contributed by atoms with Gasteiger partial charge in [0.2, 0.25) is 5.91 Å². The molecule has 2 fully saturated rings. The molecule has 1 aliphatic carbocycles. The Hall–Kier alpha value is -0.610. The Balaban J connectivity index is 1.76. The summed E-state index contributed by atoms with van der Waals surface area (Å²) < 4.78 is 0. The van der Waals surface area contributed by atoms with Crippen LogP contribution in [-0.2, 0) is 4.79 Å². The summed E-state index contributed by atoms with van der Waals surface area (Å²) in [6.45, 7) is 4.33. The Labute approximate surface area is 97.0 Å². The molecule has 2 aliphatic rings. The van der Waals surface area contributed by atoms with Gasteiger partial charge < -0.3 is 15.3 Å². The number of hydrogen-bond acceptors (Lipinski definition) is 3. The number of carbonyl (C=O) groups is 1. The first kappa shape index (κ1) is 11.9. The van der Waals surface area contributed by atoms with E-state index in [1.54, 1.807) is 0 Å². The molecule has 0 radical (unpaired) electrons. The van der Waals surface area contributed by atoms with Gasteiger partial charge in [-0.1, -0.05) is 6.92 Å². The number of aliphatic hydroxyl groups excluding tert-OH is 1. The van der Waals surface area contributed by atoms with Crippen molar-refractivity contribution in [3.63, 3.8) is 0 Å². The van der Waals surface area contributed by atoms with Crippen molar-refractivity contribution in [3.8, 4) is 0 Å². The van der Waals surface area contributed by atoms with Crippen molar-refractivity contribution in [2.45, 2.75) is 44.8 Å². The van der Waals surface area contributed by atoms with Gasteiger partial charge in [-0.15, -0.1) is 0 Å². The second-order valence-electron chi connectivity index (χ2n) is 4.98. The first-order chi connectivity index (χ1) is 7.72. The number of likely N-dealkylation sites (tertiary alicyclic amines) is 1. The summed E-state index contributed by atoms with van der Waals surface area (Å²) in [6, 6.07) is -0.00801. The van der Waals surface area contributed by atoms with E-state index in [1.807, 2.05) is 4.90 Å². The van der Waals surface area contributed by atoms with E-state index in [-0.39, 0.29) is 18.1 Å². The molecule has 0 bridgehead atoms. The molecule has 1 aliphatic heterocycles. The van der Waals surface area contributed by atoms with Crippen LogP contribution >= 0.6 is 0 Å². The lowest BCUT2D eigenvalue weighted by atomic mass is 10.2. The average molecular weight is 226 g/mol. The topological polar surface area (TPSA) is 52.6 Å². The highest BCUT2D eigenvalue weighted by Crippen LogP contribution is 2.33. The zero-order chi connectivity index (χ0) is 11.5. The third-order valence-corrected chi connectivity index (χ3v) is 3.51. The average Bonchev–Trinajstić information content (AvgIpc) is 3.06. The molecule has 16 heavy (non-hydrogen) atoms. The second kappa shape index (κ2) is 5.15. The van der Waals surface area contributed by atoms with Crippen LogP contribution in [0.2, 0.25) is 0 Å². The van der Waals surface area contributed by atoms with E-state index in [0.29, 0.717) is 12.5 Å². The molecular formula is C12H22N2O2. The third-order valence-electron chi connectivity index (χ3n) is 3.51. The number of hydrogen-bond donors (Lipinski definition) is 2. The summed E-state index contributed by atoms with van der Waals surface area (Å²) in [7, 11) is 0. The Morgan fingerprint density at radius 1 is 1.50 bits per heavy atom. The van der Waals surface area contributed by atoms with Crippen molar-refractivity contribution < 1.29 is 9.90 Å². The highest BCUT2D eigenvalue weighted by atomic mass is 16.3. The minimum atomic E-state index is -0.297. The van der Waals surface area contributed by atoms with Gasteiger partial charge in [0.15, 0.2) is 0 Å². The Bertz CT molecular complexity index is 253. The Morgan fingerprint density at radius 2 is 2.25 bits per heavy atom. The molecule has 0 aromatic rings. The van der Waals surface area contributed by atoms with Gasteiger partial charge in [0, 0.05) is 13.1 Å². The summed E-state index contributed by atoms with van der Waals surface area (Å²) in [5.41, 5.74) is 0. The SMILES string of the molecule is CCCNC1CCN(CC(O)C2CC2)C1=O. The van der Waals surface area contributed by atoms with Gasteiger partial charge in [-0.25, -0.2) is 0 Å². The van der Waals surface area contributed by atoms with Crippen LogP contribution in [0.25, 0.3) is 0 Å². The lowest BCUT2D eigenvalue weighted by Gasteiger charge is -2.20.